The maximum Gasteiger partial charge on any atom is 0.227 e. The number of likely N-dealkylation sites (tertiary alicyclic amines) is 2. The lowest BCUT2D eigenvalue weighted by atomic mass is 9.94. The van der Waals surface area contributed by atoms with Crippen molar-refractivity contribution >= 4 is 11.8 Å². The van der Waals surface area contributed by atoms with Gasteiger partial charge < -0.3 is 19.3 Å². The van der Waals surface area contributed by atoms with E-state index in [1.54, 1.807) is 14.2 Å². The van der Waals surface area contributed by atoms with E-state index in [9.17, 15) is 9.59 Å². The Morgan fingerprint density at radius 3 is 2.44 bits per heavy atom. The van der Waals surface area contributed by atoms with Crippen molar-refractivity contribution in [1.29, 1.82) is 0 Å². The predicted molar refractivity (Wildman–Crippen MR) is 123 cm³/mol. The Morgan fingerprint density at radius 2 is 1.69 bits per heavy atom. The first-order valence-corrected chi connectivity index (χ1v) is 11.4. The van der Waals surface area contributed by atoms with Crippen LogP contribution in [-0.4, -0.2) is 55.5 Å². The van der Waals surface area contributed by atoms with Crippen LogP contribution in [0.3, 0.4) is 0 Å². The topological polar surface area (TPSA) is 59.1 Å². The molecule has 2 aromatic rings. The first kappa shape index (κ1) is 22.2. The number of hydrogen-bond acceptors (Lipinski definition) is 4. The van der Waals surface area contributed by atoms with Crippen molar-refractivity contribution < 1.29 is 19.1 Å². The van der Waals surface area contributed by atoms with Crippen LogP contribution in [0.25, 0.3) is 0 Å². The number of ether oxygens (including phenoxy) is 2. The summed E-state index contributed by atoms with van der Waals surface area (Å²) in [5.74, 6) is 1.50. The second-order valence-electron chi connectivity index (χ2n) is 8.65. The molecule has 2 heterocycles. The maximum atomic E-state index is 13.5. The number of piperidine rings is 1. The Bertz CT molecular complexity index is 946. The van der Waals surface area contributed by atoms with E-state index in [0.29, 0.717) is 24.5 Å². The van der Waals surface area contributed by atoms with Crippen molar-refractivity contribution in [3.63, 3.8) is 0 Å². The van der Waals surface area contributed by atoms with E-state index in [1.165, 1.54) is 0 Å². The van der Waals surface area contributed by atoms with Gasteiger partial charge in [-0.1, -0.05) is 36.4 Å². The third-order valence-electron chi connectivity index (χ3n) is 6.65. The zero-order valence-corrected chi connectivity index (χ0v) is 19.0. The summed E-state index contributed by atoms with van der Waals surface area (Å²) >= 11 is 0. The van der Waals surface area contributed by atoms with Crippen LogP contribution in [0.1, 0.15) is 42.9 Å². The molecule has 2 atom stereocenters. The van der Waals surface area contributed by atoms with Gasteiger partial charge >= 0.3 is 0 Å². The Kier molecular flexibility index (Phi) is 6.98. The summed E-state index contributed by atoms with van der Waals surface area (Å²) in [5.41, 5.74) is 2.08. The zero-order chi connectivity index (χ0) is 22.5. The highest BCUT2D eigenvalue weighted by Crippen LogP contribution is 2.38. The van der Waals surface area contributed by atoms with Crippen molar-refractivity contribution in [2.24, 2.45) is 5.92 Å². The molecule has 2 fully saturated rings. The van der Waals surface area contributed by atoms with Crippen LogP contribution in [0.15, 0.2) is 48.5 Å². The molecule has 2 aliphatic rings. The van der Waals surface area contributed by atoms with Gasteiger partial charge in [-0.05, 0) is 48.9 Å². The minimum atomic E-state index is -0.135. The van der Waals surface area contributed by atoms with Crippen LogP contribution in [0.5, 0.6) is 11.5 Å². The average molecular weight is 437 g/mol. The largest absolute Gasteiger partial charge is 0.493 e. The molecule has 2 aliphatic heterocycles. The Balaban J connectivity index is 1.44. The zero-order valence-electron chi connectivity index (χ0n) is 19.0. The van der Waals surface area contributed by atoms with Crippen molar-refractivity contribution in [2.45, 2.75) is 38.1 Å². The van der Waals surface area contributed by atoms with Crippen molar-refractivity contribution in [3.05, 3.63) is 59.7 Å². The van der Waals surface area contributed by atoms with E-state index in [4.69, 9.17) is 9.47 Å². The summed E-state index contributed by atoms with van der Waals surface area (Å²) in [6.07, 6.45) is 4.01. The molecule has 170 valence electrons. The number of rotatable bonds is 6. The van der Waals surface area contributed by atoms with Crippen LogP contribution < -0.4 is 9.47 Å². The van der Waals surface area contributed by atoms with Crippen LogP contribution >= 0.6 is 0 Å². The van der Waals surface area contributed by atoms with E-state index in [1.807, 2.05) is 58.3 Å². The van der Waals surface area contributed by atoms with Crippen LogP contribution in [0, 0.1) is 5.92 Å². The van der Waals surface area contributed by atoms with Gasteiger partial charge in [0.25, 0.3) is 0 Å². The van der Waals surface area contributed by atoms with Gasteiger partial charge in [0.2, 0.25) is 11.8 Å². The molecule has 2 amide bonds. The van der Waals surface area contributed by atoms with Crippen molar-refractivity contribution in [1.82, 2.24) is 9.80 Å². The predicted octanol–water partition coefficient (Wildman–Crippen LogP) is 3.85. The lowest BCUT2D eigenvalue weighted by Crippen LogP contribution is -2.47. The molecule has 6 nitrogen and oxygen atoms in total. The minimum absolute atomic E-state index is 0.0395. The fraction of sp³-hybridized carbons (Fsp3) is 0.462. The Labute approximate surface area is 190 Å². The number of hydrogen-bond donors (Lipinski definition) is 0. The normalized spacial score (nSPS) is 20.8. The van der Waals surface area contributed by atoms with Crippen LogP contribution in [-0.2, 0) is 16.0 Å². The third-order valence-corrected chi connectivity index (χ3v) is 6.65. The lowest BCUT2D eigenvalue weighted by Gasteiger charge is -2.36. The molecule has 0 aliphatic carbocycles. The molecule has 0 radical (unpaired) electrons. The third kappa shape index (κ3) is 4.74. The van der Waals surface area contributed by atoms with E-state index in [0.717, 1.165) is 49.9 Å². The molecular formula is C26H32N2O4. The summed E-state index contributed by atoms with van der Waals surface area (Å²) in [5, 5.41) is 0. The number of amides is 2. The molecule has 6 heteroatoms. The second kappa shape index (κ2) is 10.1. The van der Waals surface area contributed by atoms with Gasteiger partial charge in [0.05, 0.1) is 32.6 Å². The van der Waals surface area contributed by atoms with Crippen LogP contribution in [0.2, 0.25) is 0 Å². The van der Waals surface area contributed by atoms with Crippen molar-refractivity contribution in [2.75, 3.05) is 33.9 Å². The molecule has 0 spiro atoms. The molecule has 2 saturated heterocycles. The molecule has 2 aromatic carbocycles. The summed E-state index contributed by atoms with van der Waals surface area (Å²) < 4.78 is 10.8. The van der Waals surface area contributed by atoms with Gasteiger partial charge in [0.15, 0.2) is 11.5 Å². The first-order chi connectivity index (χ1) is 15.6. The number of benzene rings is 2. The first-order valence-electron chi connectivity index (χ1n) is 11.4. The van der Waals surface area contributed by atoms with Gasteiger partial charge in [-0.15, -0.1) is 0 Å². The van der Waals surface area contributed by atoms with Crippen LogP contribution in [0.4, 0.5) is 0 Å². The van der Waals surface area contributed by atoms with Gasteiger partial charge in [-0.3, -0.25) is 9.59 Å². The molecule has 4 rings (SSSR count). The van der Waals surface area contributed by atoms with E-state index >= 15 is 0 Å². The maximum absolute atomic E-state index is 13.5. The SMILES string of the molecule is COc1ccc(C2CCCN2C(=O)C2CCCN(C(=O)Cc3ccccc3)C2)cc1OC. The molecule has 0 saturated carbocycles. The molecule has 0 bridgehead atoms. The number of methoxy groups -OCH3 is 2. The number of carbonyl (C=O) groups excluding carboxylic acids is 2. The minimum Gasteiger partial charge on any atom is -0.493 e. The molecular weight excluding hydrogens is 404 g/mol. The summed E-state index contributed by atoms with van der Waals surface area (Å²) in [6, 6.07) is 15.7. The quantitative estimate of drug-likeness (QED) is 0.690. The molecule has 2 unspecified atom stereocenters. The fourth-order valence-corrected chi connectivity index (χ4v) is 4.96. The number of carbonyl (C=O) groups is 2. The Hall–Kier alpha value is -3.02. The highest BCUT2D eigenvalue weighted by Gasteiger charge is 2.37. The van der Waals surface area contributed by atoms with Gasteiger partial charge in [0.1, 0.15) is 0 Å². The number of nitrogens with zero attached hydrogens (tertiary/aromatic N) is 2. The van der Waals surface area contributed by atoms with Gasteiger partial charge in [0, 0.05) is 19.6 Å². The highest BCUT2D eigenvalue weighted by molar-refractivity contribution is 5.83. The lowest BCUT2D eigenvalue weighted by molar-refractivity contribution is -0.141. The average Bonchev–Trinajstić information content (AvgIpc) is 3.33. The van der Waals surface area contributed by atoms with Crippen molar-refractivity contribution in [3.8, 4) is 11.5 Å². The summed E-state index contributed by atoms with van der Waals surface area (Å²) in [7, 11) is 3.25. The second-order valence-corrected chi connectivity index (χ2v) is 8.65. The molecule has 0 N–H and O–H groups in total. The molecule has 32 heavy (non-hydrogen) atoms. The van der Waals surface area contributed by atoms with Gasteiger partial charge in [-0.25, -0.2) is 0 Å². The van der Waals surface area contributed by atoms with E-state index < -0.39 is 0 Å². The molecule has 0 aromatic heterocycles. The highest BCUT2D eigenvalue weighted by atomic mass is 16.5. The van der Waals surface area contributed by atoms with Gasteiger partial charge in [-0.2, -0.15) is 0 Å². The fourth-order valence-electron chi connectivity index (χ4n) is 4.96. The summed E-state index contributed by atoms with van der Waals surface area (Å²) in [4.78, 5) is 30.3. The summed E-state index contributed by atoms with van der Waals surface area (Å²) in [6.45, 7) is 2.00. The Morgan fingerprint density at radius 1 is 0.938 bits per heavy atom. The standard InChI is InChI=1S/C26H32N2O4/c1-31-23-13-12-20(17-24(23)32-2)22-11-7-15-28(22)26(30)21-10-6-14-27(18-21)25(29)16-19-8-4-3-5-9-19/h3-5,8-9,12-13,17,21-22H,6-7,10-11,14-16,18H2,1-2H3. The van der Waals surface area contributed by atoms with E-state index in [-0.39, 0.29) is 23.8 Å². The monoisotopic (exact) mass is 436 g/mol. The van der Waals surface area contributed by atoms with E-state index in [2.05, 4.69) is 0 Å². The smallest absolute Gasteiger partial charge is 0.227 e.